The highest BCUT2D eigenvalue weighted by Crippen LogP contribution is 2.34. The van der Waals surface area contributed by atoms with Crippen LogP contribution < -0.4 is 10.5 Å². The minimum atomic E-state index is -0.969. The van der Waals surface area contributed by atoms with E-state index in [1.54, 1.807) is 0 Å². The Bertz CT molecular complexity index is 558. The highest BCUT2D eigenvalue weighted by Gasteiger charge is 2.16. The van der Waals surface area contributed by atoms with Crippen LogP contribution in [0.15, 0.2) is 30.5 Å². The lowest BCUT2D eigenvalue weighted by Gasteiger charge is -2.10. The van der Waals surface area contributed by atoms with E-state index in [1.165, 1.54) is 31.5 Å². The second-order valence-electron chi connectivity index (χ2n) is 3.38. The third-order valence-electron chi connectivity index (χ3n) is 2.35. The molecule has 1 heterocycles. The minimum Gasteiger partial charge on any atom is -0.492 e. The maximum Gasteiger partial charge on any atom is 0.168 e. The molecule has 5 heteroatoms. The van der Waals surface area contributed by atoms with Crippen molar-refractivity contribution in [1.82, 2.24) is 4.98 Å². The van der Waals surface area contributed by atoms with Gasteiger partial charge in [0.1, 0.15) is 5.69 Å². The fourth-order valence-electron chi connectivity index (χ4n) is 1.56. The van der Waals surface area contributed by atoms with Crippen LogP contribution in [0.2, 0.25) is 0 Å². The van der Waals surface area contributed by atoms with Gasteiger partial charge in [0, 0.05) is 11.8 Å². The lowest BCUT2D eigenvalue weighted by atomic mass is 10.1. The zero-order valence-electron chi connectivity index (χ0n) is 9.08. The summed E-state index contributed by atoms with van der Waals surface area (Å²) in [7, 11) is 1.40. The van der Waals surface area contributed by atoms with Gasteiger partial charge in [0.15, 0.2) is 17.4 Å². The molecule has 88 valence electrons. The standard InChI is InChI=1S/C12H10F2N2O/c1-17-12-9(15)5-6-16-11(12)7-3-2-4-8(13)10(7)14/h2-6H,1H3,(H2,15,16). The summed E-state index contributed by atoms with van der Waals surface area (Å²) in [5.74, 6) is -1.67. The number of halogens is 2. The van der Waals surface area contributed by atoms with Gasteiger partial charge in [-0.1, -0.05) is 6.07 Å². The van der Waals surface area contributed by atoms with Crippen LogP contribution in [-0.4, -0.2) is 12.1 Å². The van der Waals surface area contributed by atoms with Gasteiger partial charge < -0.3 is 10.5 Å². The van der Waals surface area contributed by atoms with Crippen molar-refractivity contribution < 1.29 is 13.5 Å². The average Bonchev–Trinajstić information content (AvgIpc) is 2.32. The van der Waals surface area contributed by atoms with Crippen molar-refractivity contribution in [2.75, 3.05) is 12.8 Å². The molecule has 2 aromatic rings. The molecule has 0 atom stereocenters. The molecule has 0 unspecified atom stereocenters. The summed E-state index contributed by atoms with van der Waals surface area (Å²) in [4.78, 5) is 3.97. The van der Waals surface area contributed by atoms with E-state index in [9.17, 15) is 8.78 Å². The number of benzene rings is 1. The Morgan fingerprint density at radius 1 is 1.24 bits per heavy atom. The molecule has 1 aromatic carbocycles. The molecule has 0 fully saturated rings. The van der Waals surface area contributed by atoms with Gasteiger partial charge in [0.2, 0.25) is 0 Å². The molecule has 0 aliphatic heterocycles. The Labute approximate surface area is 96.9 Å². The van der Waals surface area contributed by atoms with Crippen LogP contribution in [-0.2, 0) is 0 Å². The Morgan fingerprint density at radius 2 is 2.00 bits per heavy atom. The normalized spacial score (nSPS) is 10.3. The van der Waals surface area contributed by atoms with E-state index in [0.717, 1.165) is 6.07 Å². The highest BCUT2D eigenvalue weighted by molar-refractivity contribution is 5.73. The monoisotopic (exact) mass is 236 g/mol. The Balaban J connectivity index is 2.68. The quantitative estimate of drug-likeness (QED) is 0.871. The first-order chi connectivity index (χ1) is 8.15. The fraction of sp³-hybridized carbons (Fsp3) is 0.0833. The van der Waals surface area contributed by atoms with Gasteiger partial charge in [-0.3, -0.25) is 4.98 Å². The number of hydrogen-bond donors (Lipinski definition) is 1. The zero-order valence-corrected chi connectivity index (χ0v) is 9.08. The lowest BCUT2D eigenvalue weighted by molar-refractivity contribution is 0.416. The second kappa shape index (κ2) is 4.37. The van der Waals surface area contributed by atoms with E-state index >= 15 is 0 Å². The molecule has 0 amide bonds. The fourth-order valence-corrected chi connectivity index (χ4v) is 1.56. The molecule has 1 aromatic heterocycles. The molecule has 2 rings (SSSR count). The summed E-state index contributed by atoms with van der Waals surface area (Å²) in [5, 5.41) is 0. The number of hydrogen-bond acceptors (Lipinski definition) is 3. The molecular formula is C12H10F2N2O. The number of ether oxygens (including phenoxy) is 1. The number of aromatic nitrogens is 1. The topological polar surface area (TPSA) is 48.1 Å². The summed E-state index contributed by atoms with van der Waals surface area (Å²) in [5.41, 5.74) is 6.20. The smallest absolute Gasteiger partial charge is 0.168 e. The first-order valence-corrected chi connectivity index (χ1v) is 4.88. The molecule has 0 saturated carbocycles. The number of anilines is 1. The molecular weight excluding hydrogens is 226 g/mol. The third kappa shape index (κ3) is 1.91. The predicted octanol–water partition coefficient (Wildman–Crippen LogP) is 2.62. The summed E-state index contributed by atoms with van der Waals surface area (Å²) in [6.07, 6.45) is 1.41. The first kappa shape index (κ1) is 11.3. The van der Waals surface area contributed by atoms with Gasteiger partial charge in [-0.25, -0.2) is 8.78 Å². The maximum atomic E-state index is 13.6. The summed E-state index contributed by atoms with van der Waals surface area (Å²) in [6.45, 7) is 0. The van der Waals surface area contributed by atoms with E-state index in [4.69, 9.17) is 10.5 Å². The van der Waals surface area contributed by atoms with Gasteiger partial charge in [-0.2, -0.15) is 0 Å². The van der Waals surface area contributed by atoms with Crippen molar-refractivity contribution in [2.24, 2.45) is 0 Å². The molecule has 0 saturated heterocycles. The maximum absolute atomic E-state index is 13.6. The number of rotatable bonds is 2. The lowest BCUT2D eigenvalue weighted by Crippen LogP contribution is -1.99. The third-order valence-corrected chi connectivity index (χ3v) is 2.35. The van der Waals surface area contributed by atoms with Gasteiger partial charge >= 0.3 is 0 Å². The number of nitrogen functional groups attached to an aromatic ring is 1. The van der Waals surface area contributed by atoms with Crippen LogP contribution in [0, 0.1) is 11.6 Å². The van der Waals surface area contributed by atoms with Gasteiger partial charge in [-0.15, -0.1) is 0 Å². The number of nitrogens with zero attached hydrogens (tertiary/aromatic N) is 1. The molecule has 2 N–H and O–H groups in total. The van der Waals surface area contributed by atoms with E-state index in [2.05, 4.69) is 4.98 Å². The number of pyridine rings is 1. The highest BCUT2D eigenvalue weighted by atomic mass is 19.2. The molecule has 17 heavy (non-hydrogen) atoms. The first-order valence-electron chi connectivity index (χ1n) is 4.88. The van der Waals surface area contributed by atoms with Crippen molar-refractivity contribution in [2.45, 2.75) is 0 Å². The van der Waals surface area contributed by atoms with Crippen LogP contribution in [0.4, 0.5) is 14.5 Å². The van der Waals surface area contributed by atoms with Crippen molar-refractivity contribution in [3.63, 3.8) is 0 Å². The number of nitrogens with two attached hydrogens (primary N) is 1. The van der Waals surface area contributed by atoms with Crippen molar-refractivity contribution in [3.8, 4) is 17.0 Å². The summed E-state index contributed by atoms with van der Waals surface area (Å²) < 4.78 is 31.8. The molecule has 3 nitrogen and oxygen atoms in total. The summed E-state index contributed by atoms with van der Waals surface area (Å²) >= 11 is 0. The minimum absolute atomic E-state index is 0.0224. The zero-order chi connectivity index (χ0) is 12.4. The SMILES string of the molecule is COc1c(N)ccnc1-c1cccc(F)c1F. The molecule has 0 aliphatic carbocycles. The number of methoxy groups -OCH3 is 1. The molecule has 0 spiro atoms. The van der Waals surface area contributed by atoms with E-state index in [1.807, 2.05) is 0 Å². The summed E-state index contributed by atoms with van der Waals surface area (Å²) in [6, 6.07) is 5.39. The van der Waals surface area contributed by atoms with Crippen LogP contribution in [0.1, 0.15) is 0 Å². The van der Waals surface area contributed by atoms with Gasteiger partial charge in [0.05, 0.1) is 12.8 Å². The largest absolute Gasteiger partial charge is 0.492 e. The average molecular weight is 236 g/mol. The van der Waals surface area contributed by atoms with E-state index in [0.29, 0.717) is 5.69 Å². The van der Waals surface area contributed by atoms with Crippen molar-refractivity contribution in [3.05, 3.63) is 42.1 Å². The predicted molar refractivity (Wildman–Crippen MR) is 60.6 cm³/mol. The second-order valence-corrected chi connectivity index (χ2v) is 3.38. The van der Waals surface area contributed by atoms with Crippen molar-refractivity contribution >= 4 is 5.69 Å². The van der Waals surface area contributed by atoms with Crippen LogP contribution in [0.25, 0.3) is 11.3 Å². The van der Waals surface area contributed by atoms with Crippen LogP contribution >= 0.6 is 0 Å². The Kier molecular flexibility index (Phi) is 2.91. The van der Waals surface area contributed by atoms with Gasteiger partial charge in [0.25, 0.3) is 0 Å². The molecule has 0 aliphatic rings. The Hall–Kier alpha value is -2.17. The molecule has 0 radical (unpaired) electrons. The molecule has 0 bridgehead atoms. The Morgan fingerprint density at radius 3 is 2.71 bits per heavy atom. The van der Waals surface area contributed by atoms with Crippen LogP contribution in [0.5, 0.6) is 5.75 Å². The van der Waals surface area contributed by atoms with E-state index in [-0.39, 0.29) is 17.0 Å². The van der Waals surface area contributed by atoms with E-state index < -0.39 is 11.6 Å². The van der Waals surface area contributed by atoms with Crippen LogP contribution in [0.3, 0.4) is 0 Å². The van der Waals surface area contributed by atoms with Gasteiger partial charge in [-0.05, 0) is 18.2 Å². The van der Waals surface area contributed by atoms with Crippen molar-refractivity contribution in [1.29, 1.82) is 0 Å².